The zero-order valence-corrected chi connectivity index (χ0v) is 12.0. The summed E-state index contributed by atoms with van der Waals surface area (Å²) in [6, 6.07) is 5.27. The van der Waals surface area contributed by atoms with Gasteiger partial charge >= 0.3 is 0 Å². The minimum atomic E-state index is 0.479. The van der Waals surface area contributed by atoms with E-state index in [1.807, 2.05) is 13.0 Å². The van der Waals surface area contributed by atoms with Gasteiger partial charge in [0.05, 0.1) is 10.0 Å². The van der Waals surface area contributed by atoms with Crippen LogP contribution < -0.4 is 16.6 Å². The highest BCUT2D eigenvalue weighted by atomic mass is 35.5. The Hall–Kier alpha value is -1.56. The third-order valence-electron chi connectivity index (χ3n) is 2.58. The highest BCUT2D eigenvalue weighted by molar-refractivity contribution is 6.42. The molecule has 0 spiro atoms. The highest BCUT2D eigenvalue weighted by Gasteiger charge is 2.09. The summed E-state index contributed by atoms with van der Waals surface area (Å²) in [5.74, 6) is 7.28. The van der Waals surface area contributed by atoms with Crippen molar-refractivity contribution in [3.8, 4) is 0 Å². The normalized spacial score (nSPS) is 10.4. The lowest BCUT2D eigenvalue weighted by atomic mass is 10.2. The lowest BCUT2D eigenvalue weighted by Crippen LogP contribution is -2.13. The molecule has 1 aromatic heterocycles. The Kier molecular flexibility index (Phi) is 4.09. The molecule has 0 amide bonds. The minimum absolute atomic E-state index is 0.479. The number of halogens is 2. The molecule has 0 radical (unpaired) electrons. The second-order valence-electron chi connectivity index (χ2n) is 3.99. The molecule has 1 aromatic carbocycles. The molecule has 0 bridgehead atoms. The molecule has 0 aliphatic heterocycles. The van der Waals surface area contributed by atoms with Gasteiger partial charge in [-0.3, -0.25) is 0 Å². The van der Waals surface area contributed by atoms with Gasteiger partial charge in [-0.2, -0.15) is 0 Å². The Morgan fingerprint density at radius 2 is 1.74 bits per heavy atom. The van der Waals surface area contributed by atoms with Gasteiger partial charge in [0.25, 0.3) is 0 Å². The first-order chi connectivity index (χ1) is 9.01. The van der Waals surface area contributed by atoms with E-state index in [9.17, 15) is 0 Å². The van der Waals surface area contributed by atoms with Crippen molar-refractivity contribution in [3.05, 3.63) is 39.6 Å². The average Bonchev–Trinajstić information content (AvgIpc) is 2.37. The number of hydrogen-bond acceptors (Lipinski definition) is 5. The van der Waals surface area contributed by atoms with E-state index in [0.29, 0.717) is 27.5 Å². The van der Waals surface area contributed by atoms with E-state index >= 15 is 0 Å². The van der Waals surface area contributed by atoms with Crippen molar-refractivity contribution >= 4 is 40.5 Å². The summed E-state index contributed by atoms with van der Waals surface area (Å²) in [5, 5.41) is 4.15. The van der Waals surface area contributed by atoms with Crippen LogP contribution in [0.1, 0.15) is 11.4 Å². The van der Waals surface area contributed by atoms with Gasteiger partial charge in [0.2, 0.25) is 0 Å². The Morgan fingerprint density at radius 1 is 1.05 bits per heavy atom. The number of hydrogen-bond donors (Lipinski definition) is 3. The number of nitrogens with two attached hydrogens (primary N) is 1. The summed E-state index contributed by atoms with van der Waals surface area (Å²) in [5.41, 5.74) is 4.15. The molecule has 100 valence electrons. The van der Waals surface area contributed by atoms with E-state index in [0.717, 1.165) is 11.3 Å². The van der Waals surface area contributed by atoms with Crippen LogP contribution in [0.5, 0.6) is 0 Å². The molecule has 0 unspecified atom stereocenters. The molecule has 0 atom stereocenters. The number of rotatable bonds is 3. The molecule has 5 nitrogen and oxygen atoms in total. The van der Waals surface area contributed by atoms with Gasteiger partial charge in [-0.1, -0.05) is 23.2 Å². The molecular weight excluding hydrogens is 285 g/mol. The van der Waals surface area contributed by atoms with Crippen LogP contribution in [0.25, 0.3) is 0 Å². The van der Waals surface area contributed by atoms with Gasteiger partial charge in [0, 0.05) is 11.3 Å². The minimum Gasteiger partial charge on any atom is -0.340 e. The van der Waals surface area contributed by atoms with Crippen LogP contribution in [0.3, 0.4) is 0 Å². The van der Waals surface area contributed by atoms with Crippen molar-refractivity contribution in [2.45, 2.75) is 13.8 Å². The fraction of sp³-hybridized carbons (Fsp3) is 0.167. The number of hydrazine groups is 1. The summed E-state index contributed by atoms with van der Waals surface area (Å²) in [7, 11) is 0. The molecule has 7 heteroatoms. The van der Waals surface area contributed by atoms with Gasteiger partial charge in [-0.25, -0.2) is 15.8 Å². The Morgan fingerprint density at radius 3 is 2.37 bits per heavy atom. The molecule has 0 aliphatic rings. The van der Waals surface area contributed by atoms with Crippen molar-refractivity contribution in [2.24, 2.45) is 5.84 Å². The first-order valence-electron chi connectivity index (χ1n) is 5.55. The third kappa shape index (κ3) is 3.07. The maximum atomic E-state index is 5.97. The van der Waals surface area contributed by atoms with E-state index < -0.39 is 0 Å². The molecular formula is C12H13Cl2N5. The van der Waals surface area contributed by atoms with Gasteiger partial charge in [-0.15, -0.1) is 0 Å². The molecule has 4 N–H and O–H groups in total. The first kappa shape index (κ1) is 13.9. The molecule has 19 heavy (non-hydrogen) atoms. The maximum Gasteiger partial charge on any atom is 0.148 e. The zero-order valence-electron chi connectivity index (χ0n) is 10.5. The molecule has 2 aromatic rings. The van der Waals surface area contributed by atoms with Crippen LogP contribution in [-0.2, 0) is 0 Å². The number of nitrogens with one attached hydrogen (secondary N) is 2. The molecule has 1 heterocycles. The maximum absolute atomic E-state index is 5.97. The van der Waals surface area contributed by atoms with Crippen LogP contribution in [-0.4, -0.2) is 9.97 Å². The van der Waals surface area contributed by atoms with Crippen molar-refractivity contribution in [3.63, 3.8) is 0 Å². The first-order valence-corrected chi connectivity index (χ1v) is 6.31. The summed E-state index contributed by atoms with van der Waals surface area (Å²) >= 11 is 11.8. The SMILES string of the molecule is Cc1nc(NN)c(C)c(Nc2ccc(Cl)c(Cl)c2)n1. The summed E-state index contributed by atoms with van der Waals surface area (Å²) in [6.07, 6.45) is 0. The Balaban J connectivity index is 2.37. The summed E-state index contributed by atoms with van der Waals surface area (Å²) in [6.45, 7) is 3.66. The van der Waals surface area contributed by atoms with Crippen LogP contribution >= 0.6 is 23.2 Å². The lowest BCUT2D eigenvalue weighted by molar-refractivity contribution is 1.03. The second-order valence-corrected chi connectivity index (χ2v) is 4.81. The standard InChI is InChI=1S/C12H13Cl2N5/c1-6-11(16-7(2)17-12(6)19-15)18-8-3-4-9(13)10(14)5-8/h3-5H,15H2,1-2H3,(H2,16,17,18,19). The number of aromatic nitrogens is 2. The number of benzene rings is 1. The van der Waals surface area contributed by atoms with Crippen LogP contribution in [0.4, 0.5) is 17.3 Å². The van der Waals surface area contributed by atoms with Gasteiger partial charge in [0.15, 0.2) is 0 Å². The summed E-state index contributed by atoms with van der Waals surface area (Å²) in [4.78, 5) is 8.53. The van der Waals surface area contributed by atoms with Crippen molar-refractivity contribution in [2.75, 3.05) is 10.7 Å². The topological polar surface area (TPSA) is 75.9 Å². The van der Waals surface area contributed by atoms with Crippen LogP contribution in [0.15, 0.2) is 18.2 Å². The third-order valence-corrected chi connectivity index (χ3v) is 3.32. The zero-order chi connectivity index (χ0) is 14.0. The van der Waals surface area contributed by atoms with E-state index in [1.54, 1.807) is 19.1 Å². The average molecular weight is 298 g/mol. The molecule has 0 saturated heterocycles. The predicted molar refractivity (Wildman–Crippen MR) is 79.1 cm³/mol. The Labute approximate surface area is 121 Å². The molecule has 0 saturated carbocycles. The van der Waals surface area contributed by atoms with Crippen LogP contribution in [0.2, 0.25) is 10.0 Å². The van der Waals surface area contributed by atoms with E-state index in [4.69, 9.17) is 29.0 Å². The van der Waals surface area contributed by atoms with E-state index in [1.165, 1.54) is 0 Å². The van der Waals surface area contributed by atoms with E-state index in [-0.39, 0.29) is 0 Å². The van der Waals surface area contributed by atoms with Crippen molar-refractivity contribution < 1.29 is 0 Å². The van der Waals surface area contributed by atoms with Crippen molar-refractivity contribution in [1.82, 2.24) is 9.97 Å². The number of nitrogen functional groups attached to an aromatic ring is 1. The quantitative estimate of drug-likeness (QED) is 0.598. The molecule has 0 fully saturated rings. The fourth-order valence-corrected chi connectivity index (χ4v) is 1.90. The predicted octanol–water partition coefficient (Wildman–Crippen LogP) is 3.43. The van der Waals surface area contributed by atoms with Crippen LogP contribution in [0, 0.1) is 13.8 Å². The lowest BCUT2D eigenvalue weighted by Gasteiger charge is -2.12. The van der Waals surface area contributed by atoms with Gasteiger partial charge in [0.1, 0.15) is 17.5 Å². The van der Waals surface area contributed by atoms with E-state index in [2.05, 4.69) is 20.7 Å². The van der Waals surface area contributed by atoms with Gasteiger partial charge in [-0.05, 0) is 32.0 Å². The molecule has 2 rings (SSSR count). The summed E-state index contributed by atoms with van der Waals surface area (Å²) < 4.78 is 0. The number of nitrogens with zero attached hydrogens (tertiary/aromatic N) is 2. The van der Waals surface area contributed by atoms with Gasteiger partial charge < -0.3 is 10.7 Å². The smallest absolute Gasteiger partial charge is 0.148 e. The number of aryl methyl sites for hydroxylation is 1. The molecule has 0 aliphatic carbocycles. The highest BCUT2D eigenvalue weighted by Crippen LogP contribution is 2.28. The number of anilines is 3. The second kappa shape index (κ2) is 5.61. The van der Waals surface area contributed by atoms with Crippen molar-refractivity contribution in [1.29, 1.82) is 0 Å². The largest absolute Gasteiger partial charge is 0.340 e. The Bertz CT molecular complexity index is 615. The monoisotopic (exact) mass is 297 g/mol. The fourth-order valence-electron chi connectivity index (χ4n) is 1.60.